The molecule has 0 amide bonds. The SMILES string of the molecule is Cc1ccnc(N2C3CCC2CC(CC(=O)O)C3)c1C#N. The van der Waals surface area contributed by atoms with Crippen molar-refractivity contribution in [2.24, 2.45) is 5.92 Å². The number of piperidine rings is 1. The van der Waals surface area contributed by atoms with Crippen molar-refractivity contribution in [2.45, 2.75) is 51.1 Å². The van der Waals surface area contributed by atoms with Crippen molar-refractivity contribution in [3.63, 3.8) is 0 Å². The molecule has 0 spiro atoms. The zero-order valence-electron chi connectivity index (χ0n) is 12.1. The van der Waals surface area contributed by atoms with E-state index in [1.807, 2.05) is 13.0 Å². The number of anilines is 1. The van der Waals surface area contributed by atoms with E-state index in [1.165, 1.54) is 0 Å². The Hall–Kier alpha value is -2.09. The zero-order chi connectivity index (χ0) is 15.0. The maximum atomic E-state index is 10.9. The number of carbonyl (C=O) groups is 1. The van der Waals surface area contributed by atoms with Crippen LogP contribution in [0.5, 0.6) is 0 Å². The van der Waals surface area contributed by atoms with E-state index in [1.54, 1.807) is 6.20 Å². The molecule has 0 aromatic carbocycles. The molecule has 2 fully saturated rings. The summed E-state index contributed by atoms with van der Waals surface area (Å²) in [5.74, 6) is 0.338. The maximum Gasteiger partial charge on any atom is 0.303 e. The van der Waals surface area contributed by atoms with Crippen molar-refractivity contribution in [3.05, 3.63) is 23.4 Å². The second-order valence-corrected chi connectivity index (χ2v) is 6.17. The van der Waals surface area contributed by atoms with Crippen molar-refractivity contribution in [3.8, 4) is 6.07 Å². The van der Waals surface area contributed by atoms with E-state index in [2.05, 4.69) is 16.0 Å². The lowest BCUT2D eigenvalue weighted by atomic mass is 9.88. The number of aliphatic carboxylic acids is 1. The molecule has 2 unspecified atom stereocenters. The lowest BCUT2D eigenvalue weighted by molar-refractivity contribution is -0.138. The number of pyridine rings is 1. The van der Waals surface area contributed by atoms with Gasteiger partial charge in [-0.1, -0.05) is 0 Å². The lowest BCUT2D eigenvalue weighted by Gasteiger charge is -2.40. The van der Waals surface area contributed by atoms with E-state index in [9.17, 15) is 10.1 Å². The zero-order valence-corrected chi connectivity index (χ0v) is 12.1. The van der Waals surface area contributed by atoms with Crippen LogP contribution in [0, 0.1) is 24.2 Å². The maximum absolute atomic E-state index is 10.9. The summed E-state index contributed by atoms with van der Waals surface area (Å²) < 4.78 is 0. The fourth-order valence-corrected chi connectivity index (χ4v) is 3.93. The van der Waals surface area contributed by atoms with Crippen LogP contribution in [0.2, 0.25) is 0 Å². The van der Waals surface area contributed by atoms with Crippen LogP contribution in [0.15, 0.2) is 12.3 Å². The Balaban J connectivity index is 1.88. The van der Waals surface area contributed by atoms with E-state index in [0.29, 0.717) is 17.6 Å². The molecule has 0 aliphatic carbocycles. The van der Waals surface area contributed by atoms with Gasteiger partial charge in [-0.25, -0.2) is 4.98 Å². The second-order valence-electron chi connectivity index (χ2n) is 6.17. The summed E-state index contributed by atoms with van der Waals surface area (Å²) in [4.78, 5) is 17.7. The Kier molecular flexibility index (Phi) is 3.54. The van der Waals surface area contributed by atoms with Gasteiger partial charge in [0.1, 0.15) is 11.9 Å². The molecule has 110 valence electrons. The highest BCUT2D eigenvalue weighted by Gasteiger charge is 2.42. The predicted octanol–water partition coefficient (Wildman–Crippen LogP) is 2.48. The number of rotatable bonds is 3. The summed E-state index contributed by atoms with van der Waals surface area (Å²) in [5.41, 5.74) is 1.61. The molecular weight excluding hydrogens is 266 g/mol. The van der Waals surface area contributed by atoms with E-state index >= 15 is 0 Å². The molecular formula is C16H19N3O2. The molecule has 2 aliphatic rings. The van der Waals surface area contributed by atoms with Gasteiger partial charge in [-0.05, 0) is 50.2 Å². The molecule has 1 aromatic rings. The van der Waals surface area contributed by atoms with Crippen molar-refractivity contribution in [1.82, 2.24) is 4.98 Å². The Morgan fingerprint density at radius 2 is 2.14 bits per heavy atom. The van der Waals surface area contributed by atoms with Gasteiger partial charge in [-0.3, -0.25) is 4.79 Å². The largest absolute Gasteiger partial charge is 0.481 e. The van der Waals surface area contributed by atoms with Crippen LogP contribution in [0.25, 0.3) is 0 Å². The minimum atomic E-state index is -0.709. The molecule has 21 heavy (non-hydrogen) atoms. The van der Waals surface area contributed by atoms with E-state index in [-0.39, 0.29) is 12.3 Å². The first-order valence-electron chi connectivity index (χ1n) is 7.46. The summed E-state index contributed by atoms with van der Waals surface area (Å²) in [6.45, 7) is 1.93. The molecule has 2 aliphatic heterocycles. The van der Waals surface area contributed by atoms with Gasteiger partial charge >= 0.3 is 5.97 Å². The number of nitriles is 1. The number of aromatic nitrogens is 1. The second kappa shape index (κ2) is 5.36. The van der Waals surface area contributed by atoms with Crippen LogP contribution in [0.3, 0.4) is 0 Å². The van der Waals surface area contributed by atoms with E-state index in [0.717, 1.165) is 37.1 Å². The van der Waals surface area contributed by atoms with Crippen molar-refractivity contribution >= 4 is 11.8 Å². The van der Waals surface area contributed by atoms with Crippen LogP contribution < -0.4 is 4.90 Å². The van der Waals surface area contributed by atoms with Gasteiger partial charge in [0, 0.05) is 24.7 Å². The molecule has 0 saturated carbocycles. The number of nitrogens with zero attached hydrogens (tertiary/aromatic N) is 3. The van der Waals surface area contributed by atoms with Crippen molar-refractivity contribution < 1.29 is 9.90 Å². The average Bonchev–Trinajstić information content (AvgIpc) is 2.69. The van der Waals surface area contributed by atoms with Crippen LogP contribution in [0.4, 0.5) is 5.82 Å². The monoisotopic (exact) mass is 285 g/mol. The first kappa shape index (κ1) is 13.9. The highest BCUT2D eigenvalue weighted by Crippen LogP contribution is 2.43. The van der Waals surface area contributed by atoms with Crippen molar-refractivity contribution in [1.29, 1.82) is 5.26 Å². The number of aryl methyl sites for hydroxylation is 1. The lowest BCUT2D eigenvalue weighted by Crippen LogP contribution is -2.44. The third kappa shape index (κ3) is 2.46. The standard InChI is InChI=1S/C16H19N3O2/c1-10-4-5-18-16(14(10)9-17)19-12-2-3-13(19)7-11(6-12)8-15(20)21/h4-5,11-13H,2-3,6-8H2,1H3,(H,20,21). The molecule has 0 radical (unpaired) electrons. The Morgan fingerprint density at radius 3 is 2.71 bits per heavy atom. The number of hydrogen-bond donors (Lipinski definition) is 1. The summed E-state index contributed by atoms with van der Waals surface area (Å²) in [6, 6.07) is 4.79. The summed E-state index contributed by atoms with van der Waals surface area (Å²) in [7, 11) is 0. The highest BCUT2D eigenvalue weighted by molar-refractivity contribution is 5.67. The van der Waals surface area contributed by atoms with Crippen LogP contribution in [-0.2, 0) is 4.79 Å². The molecule has 1 aromatic heterocycles. The number of carboxylic acids is 1. The minimum absolute atomic E-state index is 0.256. The van der Waals surface area contributed by atoms with E-state index in [4.69, 9.17) is 5.11 Å². The third-order valence-electron chi connectivity index (χ3n) is 4.79. The normalized spacial score (nSPS) is 27.4. The summed E-state index contributed by atoms with van der Waals surface area (Å²) in [6.07, 6.45) is 5.94. The molecule has 5 nitrogen and oxygen atoms in total. The van der Waals surface area contributed by atoms with Gasteiger partial charge in [-0.15, -0.1) is 0 Å². The quantitative estimate of drug-likeness (QED) is 0.923. The summed E-state index contributed by atoms with van der Waals surface area (Å²) >= 11 is 0. The molecule has 1 N–H and O–H groups in total. The molecule has 2 bridgehead atoms. The van der Waals surface area contributed by atoms with Gasteiger partial charge in [0.15, 0.2) is 0 Å². The predicted molar refractivity (Wildman–Crippen MR) is 78.0 cm³/mol. The first-order chi connectivity index (χ1) is 10.1. The molecule has 3 rings (SSSR count). The molecule has 5 heteroatoms. The molecule has 2 atom stereocenters. The Morgan fingerprint density at radius 1 is 1.48 bits per heavy atom. The molecule has 2 saturated heterocycles. The van der Waals surface area contributed by atoms with Gasteiger partial charge in [-0.2, -0.15) is 5.26 Å². The fourth-order valence-electron chi connectivity index (χ4n) is 3.93. The van der Waals surface area contributed by atoms with Crippen LogP contribution >= 0.6 is 0 Å². The average molecular weight is 285 g/mol. The number of fused-ring (bicyclic) bond motifs is 2. The molecule has 3 heterocycles. The van der Waals surface area contributed by atoms with Gasteiger partial charge in [0.25, 0.3) is 0 Å². The third-order valence-corrected chi connectivity index (χ3v) is 4.79. The topological polar surface area (TPSA) is 77.2 Å². The number of hydrogen-bond acceptors (Lipinski definition) is 4. The van der Waals surface area contributed by atoms with Gasteiger partial charge in [0.05, 0.1) is 5.56 Å². The number of carboxylic acid groups (broad SMARTS) is 1. The Bertz CT molecular complexity index is 594. The van der Waals surface area contributed by atoms with Crippen molar-refractivity contribution in [2.75, 3.05) is 4.90 Å². The van der Waals surface area contributed by atoms with Gasteiger partial charge < -0.3 is 10.0 Å². The van der Waals surface area contributed by atoms with E-state index < -0.39 is 5.97 Å². The highest BCUT2D eigenvalue weighted by atomic mass is 16.4. The van der Waals surface area contributed by atoms with Crippen LogP contribution in [-0.4, -0.2) is 28.1 Å². The first-order valence-corrected chi connectivity index (χ1v) is 7.46. The van der Waals surface area contributed by atoms with Gasteiger partial charge in [0.2, 0.25) is 0 Å². The fraction of sp³-hybridized carbons (Fsp3) is 0.562. The smallest absolute Gasteiger partial charge is 0.303 e. The summed E-state index contributed by atoms with van der Waals surface area (Å²) in [5, 5.41) is 18.4. The Labute approximate surface area is 124 Å². The van der Waals surface area contributed by atoms with Crippen LogP contribution in [0.1, 0.15) is 43.2 Å². The minimum Gasteiger partial charge on any atom is -0.481 e.